The first kappa shape index (κ1) is 11.7. The number of hydrogen-bond acceptors (Lipinski definition) is 5. The summed E-state index contributed by atoms with van der Waals surface area (Å²) in [5, 5.41) is 7.36. The van der Waals surface area contributed by atoms with E-state index in [1.54, 1.807) is 12.1 Å². The van der Waals surface area contributed by atoms with Gasteiger partial charge < -0.3 is 4.42 Å². The zero-order valence-electron chi connectivity index (χ0n) is 9.17. The molecule has 0 bridgehead atoms. The summed E-state index contributed by atoms with van der Waals surface area (Å²) in [4.78, 5) is 21.9. The zero-order chi connectivity index (χ0) is 12.3. The van der Waals surface area contributed by atoms with E-state index < -0.39 is 0 Å². The third-order valence-electron chi connectivity index (χ3n) is 2.08. The second kappa shape index (κ2) is 5.05. The van der Waals surface area contributed by atoms with Crippen molar-refractivity contribution in [3.05, 3.63) is 28.4 Å². The Bertz CT molecular complexity index is 569. The van der Waals surface area contributed by atoms with Crippen LogP contribution in [0.4, 0.5) is 0 Å². The number of aromatic amines is 1. The number of aldehydes is 1. The molecule has 7 heteroatoms. The Hall–Kier alpha value is -1.76. The molecule has 17 heavy (non-hydrogen) atoms. The fourth-order valence-corrected chi connectivity index (χ4v) is 2.17. The zero-order valence-corrected chi connectivity index (χ0v) is 9.99. The SMILES string of the molecule is CCCn1c(Sc2ccc(C=O)o2)n[nH]c1=O. The maximum atomic E-state index is 11.4. The van der Waals surface area contributed by atoms with Crippen molar-refractivity contribution in [2.24, 2.45) is 0 Å². The van der Waals surface area contributed by atoms with E-state index in [2.05, 4.69) is 10.2 Å². The summed E-state index contributed by atoms with van der Waals surface area (Å²) >= 11 is 1.21. The van der Waals surface area contributed by atoms with Crippen LogP contribution in [0.25, 0.3) is 0 Å². The standard InChI is InChI=1S/C10H11N3O3S/c1-2-5-13-9(15)11-12-10(13)17-8-4-3-7(6-14)16-8/h3-4,6H,2,5H2,1H3,(H,11,15). The van der Waals surface area contributed by atoms with Gasteiger partial charge in [-0.15, -0.1) is 5.10 Å². The van der Waals surface area contributed by atoms with Crippen molar-refractivity contribution in [3.8, 4) is 0 Å². The molecule has 0 saturated carbocycles. The molecule has 0 atom stereocenters. The van der Waals surface area contributed by atoms with Crippen LogP contribution in [-0.2, 0) is 6.54 Å². The number of rotatable bonds is 5. The van der Waals surface area contributed by atoms with Crippen LogP contribution in [0.3, 0.4) is 0 Å². The minimum atomic E-state index is -0.239. The molecule has 2 heterocycles. The lowest BCUT2D eigenvalue weighted by Crippen LogP contribution is -2.17. The predicted molar refractivity (Wildman–Crippen MR) is 61.4 cm³/mol. The number of aromatic nitrogens is 3. The fourth-order valence-electron chi connectivity index (χ4n) is 1.34. The average Bonchev–Trinajstić information content (AvgIpc) is 2.91. The molecule has 0 aromatic carbocycles. The molecule has 0 saturated heterocycles. The van der Waals surface area contributed by atoms with E-state index >= 15 is 0 Å². The highest BCUT2D eigenvalue weighted by Gasteiger charge is 2.11. The van der Waals surface area contributed by atoms with Crippen LogP contribution in [0.15, 0.2) is 31.6 Å². The van der Waals surface area contributed by atoms with Gasteiger partial charge in [-0.05, 0) is 30.3 Å². The van der Waals surface area contributed by atoms with Gasteiger partial charge in [0.25, 0.3) is 0 Å². The van der Waals surface area contributed by atoms with Crippen LogP contribution in [0.5, 0.6) is 0 Å². The Labute approximate surface area is 101 Å². The lowest BCUT2D eigenvalue weighted by atomic mass is 10.5. The van der Waals surface area contributed by atoms with Crippen LogP contribution < -0.4 is 5.69 Å². The van der Waals surface area contributed by atoms with Crippen LogP contribution in [0.2, 0.25) is 0 Å². The molecular formula is C10H11N3O3S. The molecule has 0 radical (unpaired) electrons. The van der Waals surface area contributed by atoms with Gasteiger partial charge in [-0.1, -0.05) is 6.92 Å². The van der Waals surface area contributed by atoms with Crippen LogP contribution >= 0.6 is 11.8 Å². The summed E-state index contributed by atoms with van der Waals surface area (Å²) in [7, 11) is 0. The lowest BCUT2D eigenvalue weighted by molar-refractivity contribution is 0.109. The van der Waals surface area contributed by atoms with E-state index in [4.69, 9.17) is 4.42 Å². The van der Waals surface area contributed by atoms with Gasteiger partial charge in [0, 0.05) is 6.54 Å². The smallest absolute Gasteiger partial charge is 0.343 e. The number of carbonyl (C=O) groups excluding carboxylic acids is 1. The second-order valence-electron chi connectivity index (χ2n) is 3.34. The summed E-state index contributed by atoms with van der Waals surface area (Å²) < 4.78 is 6.74. The third kappa shape index (κ3) is 2.50. The Kier molecular flexibility index (Phi) is 3.48. The number of furan rings is 1. The minimum absolute atomic E-state index is 0.239. The Morgan fingerprint density at radius 3 is 3.06 bits per heavy atom. The van der Waals surface area contributed by atoms with Crippen molar-refractivity contribution in [2.45, 2.75) is 30.1 Å². The molecule has 0 aliphatic carbocycles. The number of H-pyrrole nitrogens is 1. The number of carbonyl (C=O) groups is 1. The summed E-state index contributed by atoms with van der Waals surface area (Å²) in [6.45, 7) is 2.57. The molecule has 0 fully saturated rings. The van der Waals surface area contributed by atoms with Crippen molar-refractivity contribution in [1.29, 1.82) is 0 Å². The molecule has 1 N–H and O–H groups in total. The molecule has 2 rings (SSSR count). The molecule has 0 aliphatic heterocycles. The monoisotopic (exact) mass is 253 g/mol. The first-order chi connectivity index (χ1) is 8.24. The molecule has 0 unspecified atom stereocenters. The fraction of sp³-hybridized carbons (Fsp3) is 0.300. The second-order valence-corrected chi connectivity index (χ2v) is 4.31. The van der Waals surface area contributed by atoms with Crippen molar-refractivity contribution >= 4 is 18.0 Å². The van der Waals surface area contributed by atoms with Crippen LogP contribution in [0, 0.1) is 0 Å². The topological polar surface area (TPSA) is 80.9 Å². The number of nitrogens with zero attached hydrogens (tertiary/aromatic N) is 2. The van der Waals surface area contributed by atoms with Crippen LogP contribution in [-0.4, -0.2) is 21.1 Å². The molecule has 90 valence electrons. The Morgan fingerprint density at radius 1 is 1.59 bits per heavy atom. The van der Waals surface area contributed by atoms with Gasteiger partial charge >= 0.3 is 5.69 Å². The molecule has 0 aliphatic rings. The largest absolute Gasteiger partial charge is 0.447 e. The third-order valence-corrected chi connectivity index (χ3v) is 3.00. The molecule has 0 spiro atoms. The highest BCUT2D eigenvalue weighted by atomic mass is 32.2. The van der Waals surface area contributed by atoms with E-state index in [-0.39, 0.29) is 11.4 Å². The Balaban J connectivity index is 2.23. The van der Waals surface area contributed by atoms with Crippen molar-refractivity contribution < 1.29 is 9.21 Å². The number of nitrogens with one attached hydrogen (secondary N) is 1. The number of hydrogen-bond donors (Lipinski definition) is 1. The van der Waals surface area contributed by atoms with Gasteiger partial charge in [0.1, 0.15) is 0 Å². The van der Waals surface area contributed by atoms with Crippen molar-refractivity contribution in [1.82, 2.24) is 14.8 Å². The van der Waals surface area contributed by atoms with Crippen molar-refractivity contribution in [3.63, 3.8) is 0 Å². The maximum Gasteiger partial charge on any atom is 0.343 e. The highest BCUT2D eigenvalue weighted by molar-refractivity contribution is 7.99. The average molecular weight is 253 g/mol. The van der Waals surface area contributed by atoms with Gasteiger partial charge in [-0.3, -0.25) is 9.36 Å². The summed E-state index contributed by atoms with van der Waals surface area (Å²) in [6, 6.07) is 3.24. The molecule has 6 nitrogen and oxygen atoms in total. The van der Waals surface area contributed by atoms with Gasteiger partial charge in [0.05, 0.1) is 0 Å². The minimum Gasteiger partial charge on any atom is -0.447 e. The first-order valence-electron chi connectivity index (χ1n) is 5.12. The molecular weight excluding hydrogens is 242 g/mol. The summed E-state index contributed by atoms with van der Waals surface area (Å²) in [5.41, 5.74) is -0.239. The van der Waals surface area contributed by atoms with Gasteiger partial charge in [-0.25, -0.2) is 9.89 Å². The van der Waals surface area contributed by atoms with E-state index in [0.29, 0.717) is 23.1 Å². The maximum absolute atomic E-state index is 11.4. The molecule has 2 aromatic rings. The van der Waals surface area contributed by atoms with E-state index in [1.165, 1.54) is 16.3 Å². The predicted octanol–water partition coefficient (Wildman–Crippen LogP) is 1.54. The van der Waals surface area contributed by atoms with E-state index in [9.17, 15) is 9.59 Å². The van der Waals surface area contributed by atoms with Gasteiger partial charge in [-0.2, -0.15) is 0 Å². The van der Waals surface area contributed by atoms with Crippen molar-refractivity contribution in [2.75, 3.05) is 0 Å². The van der Waals surface area contributed by atoms with Gasteiger partial charge in [0.2, 0.25) is 0 Å². The van der Waals surface area contributed by atoms with E-state index in [1.807, 2.05) is 6.92 Å². The summed E-state index contributed by atoms with van der Waals surface area (Å²) in [6.07, 6.45) is 1.47. The van der Waals surface area contributed by atoms with Crippen LogP contribution in [0.1, 0.15) is 23.9 Å². The Morgan fingerprint density at radius 2 is 2.41 bits per heavy atom. The van der Waals surface area contributed by atoms with E-state index in [0.717, 1.165) is 6.42 Å². The van der Waals surface area contributed by atoms with Gasteiger partial charge in [0.15, 0.2) is 22.3 Å². The lowest BCUT2D eigenvalue weighted by Gasteiger charge is -2.00. The normalized spacial score (nSPS) is 10.6. The first-order valence-corrected chi connectivity index (χ1v) is 5.94. The highest BCUT2D eigenvalue weighted by Crippen LogP contribution is 2.26. The molecule has 0 amide bonds. The quantitative estimate of drug-likeness (QED) is 0.817. The molecule has 2 aromatic heterocycles. The summed E-state index contributed by atoms with van der Waals surface area (Å²) in [5.74, 6) is 0.257.